The summed E-state index contributed by atoms with van der Waals surface area (Å²) in [7, 11) is 0. The average Bonchev–Trinajstić information content (AvgIpc) is 2.91. The van der Waals surface area contributed by atoms with Gasteiger partial charge < -0.3 is 14.6 Å². The summed E-state index contributed by atoms with van der Waals surface area (Å²) in [6, 6.07) is 0.487. The fourth-order valence-electron chi connectivity index (χ4n) is 3.17. The third-order valence-corrected chi connectivity index (χ3v) is 4.49. The number of hydrogen-bond acceptors (Lipinski definition) is 3. The predicted molar refractivity (Wildman–Crippen MR) is 70.5 cm³/mol. The molecule has 0 aromatic carbocycles. The fourth-order valence-corrected chi connectivity index (χ4v) is 3.17. The van der Waals surface area contributed by atoms with Gasteiger partial charge in [0, 0.05) is 31.0 Å². The number of rotatable bonds is 2. The SMILES string of the molecule is CC1(n2cncc2C2CCCCN2)CCOCC1. The molecule has 3 heterocycles. The molecule has 1 aromatic heterocycles. The van der Waals surface area contributed by atoms with E-state index in [0.717, 1.165) is 32.6 Å². The second-order valence-electron chi connectivity index (χ2n) is 5.80. The Labute approximate surface area is 109 Å². The van der Waals surface area contributed by atoms with Gasteiger partial charge in [0.05, 0.1) is 12.0 Å². The normalized spacial score (nSPS) is 28.2. The average molecular weight is 249 g/mol. The van der Waals surface area contributed by atoms with Crippen LogP contribution in [0.25, 0.3) is 0 Å². The maximum atomic E-state index is 5.50. The van der Waals surface area contributed by atoms with E-state index in [1.807, 2.05) is 12.5 Å². The van der Waals surface area contributed by atoms with Gasteiger partial charge in [0.2, 0.25) is 0 Å². The number of nitrogens with one attached hydrogen (secondary N) is 1. The summed E-state index contributed by atoms with van der Waals surface area (Å²) in [6.45, 7) is 5.21. The van der Waals surface area contributed by atoms with Crippen molar-refractivity contribution in [2.45, 2.75) is 50.6 Å². The van der Waals surface area contributed by atoms with E-state index < -0.39 is 0 Å². The zero-order valence-corrected chi connectivity index (χ0v) is 11.2. The van der Waals surface area contributed by atoms with Crippen molar-refractivity contribution in [2.24, 2.45) is 0 Å². The van der Waals surface area contributed by atoms with Crippen molar-refractivity contribution in [3.63, 3.8) is 0 Å². The summed E-state index contributed by atoms with van der Waals surface area (Å²) >= 11 is 0. The summed E-state index contributed by atoms with van der Waals surface area (Å²) in [5, 5.41) is 3.63. The Morgan fingerprint density at radius 1 is 1.39 bits per heavy atom. The molecule has 4 heteroatoms. The monoisotopic (exact) mass is 249 g/mol. The molecule has 1 unspecified atom stereocenters. The van der Waals surface area contributed by atoms with Crippen LogP contribution < -0.4 is 5.32 Å². The molecule has 0 aliphatic carbocycles. The lowest BCUT2D eigenvalue weighted by atomic mass is 9.91. The van der Waals surface area contributed by atoms with Gasteiger partial charge in [0.15, 0.2) is 0 Å². The van der Waals surface area contributed by atoms with E-state index in [2.05, 4.69) is 21.8 Å². The molecular formula is C14H23N3O. The van der Waals surface area contributed by atoms with E-state index in [0.29, 0.717) is 6.04 Å². The predicted octanol–water partition coefficient (Wildman–Crippen LogP) is 2.22. The van der Waals surface area contributed by atoms with Crippen molar-refractivity contribution in [1.82, 2.24) is 14.9 Å². The van der Waals surface area contributed by atoms with Gasteiger partial charge in [-0.1, -0.05) is 6.42 Å². The molecule has 2 saturated heterocycles. The fraction of sp³-hybridized carbons (Fsp3) is 0.786. The zero-order valence-electron chi connectivity index (χ0n) is 11.2. The Hall–Kier alpha value is -0.870. The van der Waals surface area contributed by atoms with Gasteiger partial charge in [-0.25, -0.2) is 4.98 Å². The molecule has 2 aliphatic heterocycles. The molecule has 4 nitrogen and oxygen atoms in total. The van der Waals surface area contributed by atoms with Gasteiger partial charge in [0.1, 0.15) is 0 Å². The third-order valence-electron chi connectivity index (χ3n) is 4.49. The second kappa shape index (κ2) is 5.02. The van der Waals surface area contributed by atoms with E-state index >= 15 is 0 Å². The Kier molecular flexibility index (Phi) is 3.39. The van der Waals surface area contributed by atoms with Crippen LogP contribution in [-0.4, -0.2) is 29.3 Å². The standard InChI is InChI=1S/C14H23N3O/c1-14(5-8-18-9-6-14)17-11-15-10-13(17)12-4-2-3-7-16-12/h10-12,16H,2-9H2,1H3. The van der Waals surface area contributed by atoms with Crippen molar-refractivity contribution in [2.75, 3.05) is 19.8 Å². The van der Waals surface area contributed by atoms with Gasteiger partial charge in [0.25, 0.3) is 0 Å². The summed E-state index contributed by atoms with van der Waals surface area (Å²) in [5.41, 5.74) is 1.54. The highest BCUT2D eigenvalue weighted by atomic mass is 16.5. The summed E-state index contributed by atoms with van der Waals surface area (Å²) in [5.74, 6) is 0. The highest BCUT2D eigenvalue weighted by Crippen LogP contribution is 2.33. The lowest BCUT2D eigenvalue weighted by Crippen LogP contribution is -2.39. The lowest BCUT2D eigenvalue weighted by molar-refractivity contribution is 0.0275. The van der Waals surface area contributed by atoms with Crippen molar-refractivity contribution >= 4 is 0 Å². The number of hydrogen-bond donors (Lipinski definition) is 1. The van der Waals surface area contributed by atoms with E-state index in [9.17, 15) is 0 Å². The number of piperidine rings is 1. The minimum atomic E-state index is 0.184. The van der Waals surface area contributed by atoms with Gasteiger partial charge >= 0.3 is 0 Å². The van der Waals surface area contributed by atoms with E-state index in [1.54, 1.807) is 0 Å². The molecule has 0 amide bonds. The van der Waals surface area contributed by atoms with Crippen molar-refractivity contribution in [3.8, 4) is 0 Å². The number of ether oxygens (including phenoxy) is 1. The van der Waals surface area contributed by atoms with Crippen LogP contribution in [0.15, 0.2) is 12.5 Å². The molecule has 1 aromatic rings. The second-order valence-corrected chi connectivity index (χ2v) is 5.80. The molecule has 1 N–H and O–H groups in total. The molecular weight excluding hydrogens is 226 g/mol. The highest BCUT2D eigenvalue weighted by Gasteiger charge is 2.32. The molecule has 0 bridgehead atoms. The van der Waals surface area contributed by atoms with Crippen molar-refractivity contribution in [3.05, 3.63) is 18.2 Å². The largest absolute Gasteiger partial charge is 0.381 e. The van der Waals surface area contributed by atoms with E-state index in [1.165, 1.54) is 25.0 Å². The number of aromatic nitrogens is 2. The molecule has 2 fully saturated rings. The van der Waals surface area contributed by atoms with E-state index in [-0.39, 0.29) is 5.54 Å². The number of imidazole rings is 1. The maximum Gasteiger partial charge on any atom is 0.0953 e. The molecule has 3 rings (SSSR count). The van der Waals surface area contributed by atoms with Crippen LogP contribution >= 0.6 is 0 Å². The van der Waals surface area contributed by atoms with Gasteiger partial charge in [-0.2, -0.15) is 0 Å². The molecule has 0 saturated carbocycles. The maximum absolute atomic E-state index is 5.50. The first-order valence-electron chi connectivity index (χ1n) is 7.13. The first-order valence-corrected chi connectivity index (χ1v) is 7.13. The molecule has 2 aliphatic rings. The van der Waals surface area contributed by atoms with Gasteiger partial charge in [-0.15, -0.1) is 0 Å². The minimum absolute atomic E-state index is 0.184. The molecule has 1 atom stereocenters. The van der Waals surface area contributed by atoms with Crippen LogP contribution in [0.3, 0.4) is 0 Å². The van der Waals surface area contributed by atoms with Crippen LogP contribution in [0.4, 0.5) is 0 Å². The third kappa shape index (κ3) is 2.19. The van der Waals surface area contributed by atoms with Crippen LogP contribution in [0.2, 0.25) is 0 Å². The smallest absolute Gasteiger partial charge is 0.0953 e. The van der Waals surface area contributed by atoms with E-state index in [4.69, 9.17) is 4.74 Å². The zero-order chi connectivity index (χ0) is 12.4. The first kappa shape index (κ1) is 12.2. The first-order chi connectivity index (χ1) is 8.80. The molecule has 0 radical (unpaired) electrons. The van der Waals surface area contributed by atoms with Crippen molar-refractivity contribution in [1.29, 1.82) is 0 Å². The summed E-state index contributed by atoms with van der Waals surface area (Å²) in [4.78, 5) is 4.40. The molecule has 100 valence electrons. The minimum Gasteiger partial charge on any atom is -0.381 e. The van der Waals surface area contributed by atoms with Gasteiger partial charge in [-0.05, 0) is 39.2 Å². The Morgan fingerprint density at radius 3 is 2.94 bits per heavy atom. The van der Waals surface area contributed by atoms with Crippen LogP contribution in [0.1, 0.15) is 50.8 Å². The van der Waals surface area contributed by atoms with Crippen LogP contribution in [-0.2, 0) is 10.3 Å². The Morgan fingerprint density at radius 2 is 2.22 bits per heavy atom. The summed E-state index contributed by atoms with van der Waals surface area (Å²) in [6.07, 6.45) is 10.1. The topological polar surface area (TPSA) is 39.1 Å². The number of nitrogens with zero attached hydrogens (tertiary/aromatic N) is 2. The van der Waals surface area contributed by atoms with Crippen molar-refractivity contribution < 1.29 is 4.74 Å². The Balaban J connectivity index is 1.85. The molecule has 0 spiro atoms. The van der Waals surface area contributed by atoms with Crippen LogP contribution in [0, 0.1) is 0 Å². The lowest BCUT2D eigenvalue weighted by Gasteiger charge is -2.38. The summed E-state index contributed by atoms with van der Waals surface area (Å²) < 4.78 is 7.90. The highest BCUT2D eigenvalue weighted by molar-refractivity contribution is 5.10. The van der Waals surface area contributed by atoms with Crippen LogP contribution in [0.5, 0.6) is 0 Å². The molecule has 18 heavy (non-hydrogen) atoms. The van der Waals surface area contributed by atoms with Gasteiger partial charge in [-0.3, -0.25) is 0 Å². The Bertz CT molecular complexity index is 389. The quantitative estimate of drug-likeness (QED) is 0.873.